The van der Waals surface area contributed by atoms with Gasteiger partial charge in [-0.25, -0.2) is 4.99 Å². The fourth-order valence-corrected chi connectivity index (χ4v) is 1.75. The van der Waals surface area contributed by atoms with Crippen LogP contribution in [0, 0.1) is 0 Å². The van der Waals surface area contributed by atoms with Crippen LogP contribution in [-0.2, 0) is 6.54 Å². The van der Waals surface area contributed by atoms with Gasteiger partial charge in [-0.05, 0) is 29.8 Å². The van der Waals surface area contributed by atoms with E-state index in [1.807, 2.05) is 30.3 Å². The Morgan fingerprint density at radius 2 is 1.67 bits per heavy atom. The minimum atomic E-state index is 0.123. The molecule has 0 heterocycles. The van der Waals surface area contributed by atoms with Crippen molar-refractivity contribution in [1.29, 1.82) is 0 Å². The van der Waals surface area contributed by atoms with Gasteiger partial charge in [-0.1, -0.05) is 41.9 Å². The maximum Gasteiger partial charge on any atom is 0.218 e. The van der Waals surface area contributed by atoms with E-state index in [0.717, 1.165) is 11.3 Å². The third-order valence-electron chi connectivity index (χ3n) is 2.62. The minimum Gasteiger partial charge on any atom is -0.369 e. The Hall–Kier alpha value is -2.53. The van der Waals surface area contributed by atoms with Crippen LogP contribution in [0.3, 0.4) is 0 Å². The molecule has 21 heavy (non-hydrogen) atoms. The molecule has 0 aromatic heterocycles. The highest BCUT2D eigenvalue weighted by molar-refractivity contribution is 6.30. The van der Waals surface area contributed by atoms with Gasteiger partial charge in [-0.15, -0.1) is 0 Å². The van der Waals surface area contributed by atoms with Crippen molar-refractivity contribution in [2.75, 3.05) is 5.32 Å². The van der Waals surface area contributed by atoms with E-state index in [9.17, 15) is 0 Å². The maximum atomic E-state index is 5.80. The van der Waals surface area contributed by atoms with Gasteiger partial charge in [0, 0.05) is 10.7 Å². The fraction of sp³-hybridized carbons (Fsp3) is 0.0667. The molecule has 2 rings (SSSR count). The first kappa shape index (κ1) is 14.9. The van der Waals surface area contributed by atoms with Gasteiger partial charge in [0.25, 0.3) is 0 Å². The lowest BCUT2D eigenvalue weighted by Gasteiger charge is -2.05. The van der Waals surface area contributed by atoms with Gasteiger partial charge in [0.05, 0.1) is 6.54 Å². The Kier molecular flexibility index (Phi) is 5.17. The normalized spacial score (nSPS) is 12.2. The minimum absolute atomic E-state index is 0.123. The van der Waals surface area contributed by atoms with Gasteiger partial charge < -0.3 is 16.8 Å². The van der Waals surface area contributed by atoms with E-state index in [1.165, 1.54) is 0 Å². The maximum absolute atomic E-state index is 5.80. The first-order valence-corrected chi connectivity index (χ1v) is 6.72. The highest BCUT2D eigenvalue weighted by Gasteiger charge is 1.97. The monoisotopic (exact) mass is 301 g/mol. The van der Waals surface area contributed by atoms with Gasteiger partial charge >= 0.3 is 0 Å². The van der Waals surface area contributed by atoms with Gasteiger partial charge in [0.2, 0.25) is 11.9 Å². The van der Waals surface area contributed by atoms with E-state index in [4.69, 9.17) is 23.1 Å². The topological polar surface area (TPSA) is 88.8 Å². The average Bonchev–Trinajstić information content (AvgIpc) is 2.48. The molecule has 0 amide bonds. The number of benzene rings is 2. The summed E-state index contributed by atoms with van der Waals surface area (Å²) < 4.78 is 0. The number of halogens is 1. The van der Waals surface area contributed by atoms with Crippen molar-refractivity contribution in [3.63, 3.8) is 0 Å². The Balaban J connectivity index is 1.96. The second kappa shape index (κ2) is 7.31. The molecular formula is C15H16ClN5. The fourth-order valence-electron chi connectivity index (χ4n) is 1.62. The van der Waals surface area contributed by atoms with Crippen LogP contribution in [0.15, 0.2) is 64.6 Å². The quantitative estimate of drug-likeness (QED) is 0.601. The smallest absolute Gasteiger partial charge is 0.218 e. The highest BCUT2D eigenvalue weighted by Crippen LogP contribution is 2.12. The standard InChI is InChI=1S/C15H16ClN5/c16-12-6-8-13(9-7-12)20-15(18)21-14(17)19-10-11-4-2-1-3-5-11/h1-9H,10H2,(H5,17,18,19,20,21). The van der Waals surface area contributed by atoms with E-state index >= 15 is 0 Å². The molecule has 6 heteroatoms. The van der Waals surface area contributed by atoms with Crippen LogP contribution in [0.25, 0.3) is 0 Å². The summed E-state index contributed by atoms with van der Waals surface area (Å²) >= 11 is 5.80. The van der Waals surface area contributed by atoms with Crippen molar-refractivity contribution < 1.29 is 0 Å². The van der Waals surface area contributed by atoms with E-state index in [1.54, 1.807) is 24.3 Å². The first-order valence-electron chi connectivity index (χ1n) is 6.34. The van der Waals surface area contributed by atoms with Crippen molar-refractivity contribution in [2.45, 2.75) is 6.54 Å². The molecule has 2 aromatic rings. The summed E-state index contributed by atoms with van der Waals surface area (Å²) in [7, 11) is 0. The Morgan fingerprint density at radius 3 is 2.33 bits per heavy atom. The predicted octanol–water partition coefficient (Wildman–Crippen LogP) is 2.58. The average molecular weight is 302 g/mol. The molecule has 2 aromatic carbocycles. The number of hydrogen-bond acceptors (Lipinski definition) is 1. The molecule has 5 N–H and O–H groups in total. The summed E-state index contributed by atoms with van der Waals surface area (Å²) in [6.45, 7) is 0.463. The van der Waals surface area contributed by atoms with Crippen LogP contribution < -0.4 is 16.8 Å². The van der Waals surface area contributed by atoms with Crippen LogP contribution in [0.2, 0.25) is 5.02 Å². The lowest BCUT2D eigenvalue weighted by atomic mass is 10.2. The highest BCUT2D eigenvalue weighted by atomic mass is 35.5. The van der Waals surface area contributed by atoms with Crippen LogP contribution in [0.5, 0.6) is 0 Å². The Morgan fingerprint density at radius 1 is 1.00 bits per heavy atom. The number of anilines is 1. The van der Waals surface area contributed by atoms with Crippen molar-refractivity contribution in [2.24, 2.45) is 21.5 Å². The van der Waals surface area contributed by atoms with E-state index in [0.29, 0.717) is 11.6 Å². The summed E-state index contributed by atoms with van der Waals surface area (Å²) in [6.07, 6.45) is 0. The molecule has 0 spiro atoms. The zero-order chi connectivity index (χ0) is 15.1. The lowest BCUT2D eigenvalue weighted by Crippen LogP contribution is -2.26. The number of nitrogens with two attached hydrogens (primary N) is 2. The third-order valence-corrected chi connectivity index (χ3v) is 2.87. The zero-order valence-electron chi connectivity index (χ0n) is 11.3. The van der Waals surface area contributed by atoms with E-state index < -0.39 is 0 Å². The van der Waals surface area contributed by atoms with Gasteiger partial charge in [0.1, 0.15) is 0 Å². The molecule has 0 radical (unpaired) electrons. The summed E-state index contributed by atoms with van der Waals surface area (Å²) in [5.41, 5.74) is 13.3. The van der Waals surface area contributed by atoms with E-state index in [-0.39, 0.29) is 11.9 Å². The first-order chi connectivity index (χ1) is 10.1. The summed E-state index contributed by atoms with van der Waals surface area (Å²) in [4.78, 5) is 8.14. The van der Waals surface area contributed by atoms with Crippen LogP contribution in [0.4, 0.5) is 5.69 Å². The number of guanidine groups is 2. The molecule has 0 aliphatic heterocycles. The summed E-state index contributed by atoms with van der Waals surface area (Å²) in [6, 6.07) is 16.9. The number of rotatable bonds is 3. The number of nitrogens with one attached hydrogen (secondary N) is 1. The van der Waals surface area contributed by atoms with Gasteiger partial charge in [-0.3, -0.25) is 0 Å². The van der Waals surface area contributed by atoms with Crippen LogP contribution in [0.1, 0.15) is 5.56 Å². The predicted molar refractivity (Wildman–Crippen MR) is 88.5 cm³/mol. The molecule has 0 unspecified atom stereocenters. The molecule has 0 saturated heterocycles. The van der Waals surface area contributed by atoms with E-state index in [2.05, 4.69) is 15.3 Å². The molecule has 0 fully saturated rings. The van der Waals surface area contributed by atoms with Crippen molar-refractivity contribution >= 4 is 29.2 Å². The van der Waals surface area contributed by atoms with Crippen LogP contribution >= 0.6 is 11.6 Å². The third kappa shape index (κ3) is 5.16. The largest absolute Gasteiger partial charge is 0.369 e. The van der Waals surface area contributed by atoms with Crippen molar-refractivity contribution in [3.8, 4) is 0 Å². The zero-order valence-corrected chi connectivity index (χ0v) is 12.1. The van der Waals surface area contributed by atoms with Gasteiger partial charge in [0.15, 0.2) is 0 Å². The van der Waals surface area contributed by atoms with Crippen LogP contribution in [-0.4, -0.2) is 11.9 Å². The Bertz CT molecular complexity index is 635. The molecule has 0 atom stereocenters. The lowest BCUT2D eigenvalue weighted by molar-refractivity contribution is 1.05. The van der Waals surface area contributed by atoms with Crippen molar-refractivity contribution in [3.05, 3.63) is 65.2 Å². The molecule has 0 bridgehead atoms. The number of hydrogen-bond donors (Lipinski definition) is 3. The second-order valence-corrected chi connectivity index (χ2v) is 4.73. The summed E-state index contributed by atoms with van der Waals surface area (Å²) in [5, 5.41) is 3.56. The van der Waals surface area contributed by atoms with Crippen molar-refractivity contribution in [1.82, 2.24) is 0 Å². The molecule has 0 aliphatic rings. The SMILES string of the molecule is NC(=NCc1ccccc1)/N=C(\N)Nc1ccc(Cl)cc1. The molecule has 108 valence electrons. The van der Waals surface area contributed by atoms with Gasteiger partial charge in [-0.2, -0.15) is 4.99 Å². The second-order valence-electron chi connectivity index (χ2n) is 4.29. The molecule has 0 saturated carbocycles. The summed E-state index contributed by atoms with van der Waals surface area (Å²) in [5.74, 6) is 0.296. The molecule has 0 aliphatic carbocycles. The molecule has 5 nitrogen and oxygen atoms in total. The number of aliphatic imine (C=N–C) groups is 2. The number of nitrogens with zero attached hydrogens (tertiary/aromatic N) is 2. The Labute approximate surface area is 128 Å². The molecular weight excluding hydrogens is 286 g/mol.